The molecule has 0 unspecified atom stereocenters. The summed E-state index contributed by atoms with van der Waals surface area (Å²) in [4.78, 5) is 16.4. The van der Waals surface area contributed by atoms with E-state index in [1.54, 1.807) is 6.08 Å². The summed E-state index contributed by atoms with van der Waals surface area (Å²) < 4.78 is 5.74. The molecule has 0 aliphatic heterocycles. The molecule has 0 bridgehead atoms. The maximum absolute atomic E-state index is 11.9. The molecule has 114 valence electrons. The van der Waals surface area contributed by atoms with Crippen LogP contribution in [0.25, 0.3) is 6.08 Å². The molecule has 1 N–H and O–H groups in total. The molecule has 2 aliphatic carbocycles. The zero-order valence-electron chi connectivity index (χ0n) is 12.4. The number of carbonyl (C=O) groups excluding carboxylic acids is 1. The van der Waals surface area contributed by atoms with Gasteiger partial charge in [0.15, 0.2) is 5.13 Å². The van der Waals surface area contributed by atoms with Crippen molar-refractivity contribution in [3.63, 3.8) is 0 Å². The summed E-state index contributed by atoms with van der Waals surface area (Å²) >= 11 is 1.48. The highest BCUT2D eigenvalue weighted by Gasteiger charge is 2.36. The van der Waals surface area contributed by atoms with Crippen LogP contribution in [-0.2, 0) is 4.79 Å². The van der Waals surface area contributed by atoms with Crippen LogP contribution in [-0.4, -0.2) is 10.9 Å². The molecule has 5 heteroatoms. The van der Waals surface area contributed by atoms with Gasteiger partial charge in [-0.15, -0.1) is 11.3 Å². The molecule has 2 fully saturated rings. The van der Waals surface area contributed by atoms with Crippen molar-refractivity contribution in [3.8, 4) is 0 Å². The van der Waals surface area contributed by atoms with Crippen molar-refractivity contribution in [1.82, 2.24) is 4.98 Å². The number of nitrogens with one attached hydrogen (secondary N) is 1. The molecule has 22 heavy (non-hydrogen) atoms. The fourth-order valence-corrected chi connectivity index (χ4v) is 3.39. The number of anilines is 1. The second kappa shape index (κ2) is 5.39. The predicted molar refractivity (Wildman–Crippen MR) is 87.0 cm³/mol. The first-order chi connectivity index (χ1) is 10.7. The van der Waals surface area contributed by atoms with Gasteiger partial charge in [-0.2, -0.15) is 0 Å². The maximum atomic E-state index is 11.9. The monoisotopic (exact) mass is 314 g/mol. The Hall–Kier alpha value is -1.88. The average Bonchev–Trinajstić information content (AvgIpc) is 3.38. The van der Waals surface area contributed by atoms with E-state index < -0.39 is 0 Å². The molecule has 2 aliphatic rings. The van der Waals surface area contributed by atoms with E-state index in [0.29, 0.717) is 17.0 Å². The van der Waals surface area contributed by atoms with Crippen molar-refractivity contribution < 1.29 is 9.21 Å². The van der Waals surface area contributed by atoms with E-state index >= 15 is 0 Å². The summed E-state index contributed by atoms with van der Waals surface area (Å²) in [6.07, 6.45) is 6.85. The van der Waals surface area contributed by atoms with E-state index in [2.05, 4.69) is 17.2 Å². The highest BCUT2D eigenvalue weighted by Crippen LogP contribution is 2.47. The van der Waals surface area contributed by atoms with Crippen LogP contribution >= 0.6 is 11.3 Å². The van der Waals surface area contributed by atoms with Gasteiger partial charge >= 0.3 is 0 Å². The molecule has 0 radical (unpaired) electrons. The number of thiazole rings is 1. The normalized spacial score (nSPS) is 23.9. The van der Waals surface area contributed by atoms with Crippen molar-refractivity contribution in [2.24, 2.45) is 5.92 Å². The Morgan fingerprint density at radius 3 is 3.00 bits per heavy atom. The van der Waals surface area contributed by atoms with Gasteiger partial charge in [-0.25, -0.2) is 4.98 Å². The lowest BCUT2D eigenvalue weighted by Crippen LogP contribution is -2.07. The first-order valence-electron chi connectivity index (χ1n) is 7.73. The van der Waals surface area contributed by atoms with E-state index in [0.717, 1.165) is 23.1 Å². The molecule has 2 aromatic rings. The smallest absolute Gasteiger partial charge is 0.250 e. The van der Waals surface area contributed by atoms with Crippen LogP contribution in [0, 0.1) is 5.92 Å². The van der Waals surface area contributed by atoms with Gasteiger partial charge in [0.25, 0.3) is 0 Å². The SMILES string of the molecule is C[C@@H]1C[C@H]1c1ccc(/C=C/C(=O)Nc2nc(C3CC3)cs2)o1. The first kappa shape index (κ1) is 13.8. The highest BCUT2D eigenvalue weighted by molar-refractivity contribution is 7.14. The minimum absolute atomic E-state index is 0.172. The van der Waals surface area contributed by atoms with E-state index in [4.69, 9.17) is 4.42 Å². The van der Waals surface area contributed by atoms with Crippen molar-refractivity contribution >= 4 is 28.5 Å². The lowest BCUT2D eigenvalue weighted by molar-refractivity contribution is -0.111. The second-order valence-corrected chi connectivity index (χ2v) is 7.09. The molecular weight excluding hydrogens is 296 g/mol. The minimum Gasteiger partial charge on any atom is -0.461 e. The third-order valence-corrected chi connectivity index (χ3v) is 5.05. The van der Waals surface area contributed by atoms with Gasteiger partial charge in [0.05, 0.1) is 5.69 Å². The molecule has 0 spiro atoms. The zero-order chi connectivity index (χ0) is 15.1. The van der Waals surface area contributed by atoms with E-state index in [1.165, 1.54) is 36.7 Å². The summed E-state index contributed by atoms with van der Waals surface area (Å²) in [7, 11) is 0. The molecule has 0 aromatic carbocycles. The van der Waals surface area contributed by atoms with Crippen molar-refractivity contribution in [2.75, 3.05) is 5.32 Å². The third-order valence-electron chi connectivity index (χ3n) is 4.27. The van der Waals surface area contributed by atoms with Gasteiger partial charge in [-0.1, -0.05) is 6.92 Å². The summed E-state index contributed by atoms with van der Waals surface area (Å²) in [5, 5.41) is 5.51. The molecule has 2 atom stereocenters. The summed E-state index contributed by atoms with van der Waals surface area (Å²) in [6.45, 7) is 2.22. The summed E-state index contributed by atoms with van der Waals surface area (Å²) in [5.41, 5.74) is 1.11. The molecule has 2 saturated carbocycles. The maximum Gasteiger partial charge on any atom is 0.250 e. The minimum atomic E-state index is -0.172. The Bertz CT molecular complexity index is 727. The van der Waals surface area contributed by atoms with Crippen LogP contribution in [0.3, 0.4) is 0 Å². The third kappa shape index (κ3) is 2.99. The van der Waals surface area contributed by atoms with Crippen molar-refractivity contribution in [2.45, 2.75) is 38.0 Å². The molecule has 1 amide bonds. The highest BCUT2D eigenvalue weighted by atomic mass is 32.1. The number of nitrogens with zero attached hydrogens (tertiary/aromatic N) is 1. The van der Waals surface area contributed by atoms with Gasteiger partial charge in [0, 0.05) is 23.3 Å². The topological polar surface area (TPSA) is 55.1 Å². The molecule has 2 aromatic heterocycles. The van der Waals surface area contributed by atoms with Crippen molar-refractivity contribution in [1.29, 1.82) is 0 Å². The van der Waals surface area contributed by atoms with Gasteiger partial charge in [0.2, 0.25) is 5.91 Å². The number of hydrogen-bond acceptors (Lipinski definition) is 4. The van der Waals surface area contributed by atoms with Gasteiger partial charge in [-0.05, 0) is 43.4 Å². The second-order valence-electron chi connectivity index (χ2n) is 6.23. The number of amides is 1. The summed E-state index contributed by atoms with van der Waals surface area (Å²) in [5.74, 6) is 3.48. The van der Waals surface area contributed by atoms with Crippen molar-refractivity contribution in [3.05, 3.63) is 40.8 Å². The van der Waals surface area contributed by atoms with Crippen LogP contribution < -0.4 is 5.32 Å². The quantitative estimate of drug-likeness (QED) is 0.833. The lowest BCUT2D eigenvalue weighted by atomic mass is 10.3. The van der Waals surface area contributed by atoms with Gasteiger partial charge < -0.3 is 4.42 Å². The fraction of sp³-hybridized carbons (Fsp3) is 0.412. The van der Waals surface area contributed by atoms with Gasteiger partial charge in [0.1, 0.15) is 11.5 Å². The standard InChI is InChI=1S/C17H18N2O2S/c1-10-8-13(10)15-6-4-12(21-15)5-7-16(20)19-17-18-14(9-22-17)11-2-3-11/h4-7,9-11,13H,2-3,8H2,1H3,(H,18,19,20)/b7-5+/t10-,13-/m1/s1. The molecule has 2 heterocycles. The number of carbonyl (C=O) groups is 1. The van der Waals surface area contributed by atoms with Crippen LogP contribution in [0.1, 0.15) is 55.2 Å². The lowest BCUT2D eigenvalue weighted by Gasteiger charge is -1.95. The summed E-state index contributed by atoms with van der Waals surface area (Å²) in [6, 6.07) is 3.92. The van der Waals surface area contributed by atoms with Crippen LogP contribution in [0.2, 0.25) is 0 Å². The Morgan fingerprint density at radius 2 is 2.27 bits per heavy atom. The van der Waals surface area contributed by atoms with E-state index in [-0.39, 0.29) is 5.91 Å². The molecule has 0 saturated heterocycles. The number of hydrogen-bond donors (Lipinski definition) is 1. The van der Waals surface area contributed by atoms with Gasteiger partial charge in [-0.3, -0.25) is 10.1 Å². The Balaban J connectivity index is 1.35. The number of aromatic nitrogens is 1. The average molecular weight is 314 g/mol. The fourth-order valence-electron chi connectivity index (χ4n) is 2.59. The Labute approximate surface area is 133 Å². The molecule has 4 rings (SSSR count). The zero-order valence-corrected chi connectivity index (χ0v) is 13.2. The Morgan fingerprint density at radius 1 is 1.45 bits per heavy atom. The van der Waals surface area contributed by atoms with Crippen LogP contribution in [0.5, 0.6) is 0 Å². The molecule has 4 nitrogen and oxygen atoms in total. The van der Waals surface area contributed by atoms with Crippen LogP contribution in [0.4, 0.5) is 5.13 Å². The largest absolute Gasteiger partial charge is 0.461 e. The van der Waals surface area contributed by atoms with E-state index in [1.807, 2.05) is 17.5 Å². The first-order valence-corrected chi connectivity index (χ1v) is 8.61. The number of furan rings is 1. The molecular formula is C17H18N2O2S. The Kier molecular flexibility index (Phi) is 3.37. The predicted octanol–water partition coefficient (Wildman–Crippen LogP) is 4.39. The van der Waals surface area contributed by atoms with E-state index in [9.17, 15) is 4.79 Å². The van der Waals surface area contributed by atoms with Crippen LogP contribution in [0.15, 0.2) is 28.0 Å². The number of rotatable bonds is 5.